The lowest BCUT2D eigenvalue weighted by atomic mass is 9.89. The number of hydrogen-bond acceptors (Lipinski definition) is 4. The third kappa shape index (κ3) is 9.15. The number of ether oxygens (including phenoxy) is 2. The molecular weight excluding hydrogens is 515 g/mol. The minimum Gasteiger partial charge on any atom is -0.377 e. The quantitative estimate of drug-likeness (QED) is 0.196. The second-order valence-electron chi connectivity index (χ2n) is 8.98. The highest BCUT2D eigenvalue weighted by Gasteiger charge is 2.21. The van der Waals surface area contributed by atoms with Gasteiger partial charge in [-0.1, -0.05) is 24.3 Å². The Morgan fingerprint density at radius 1 is 1.16 bits per heavy atom. The maximum absolute atomic E-state index is 6.22. The fourth-order valence-electron chi connectivity index (χ4n) is 4.49. The normalized spacial score (nSPS) is 20.0. The average molecular weight is 559 g/mol. The van der Waals surface area contributed by atoms with E-state index in [1.807, 2.05) is 7.05 Å². The molecule has 1 atom stereocenters. The topological polar surface area (TPSA) is 58.1 Å². The van der Waals surface area contributed by atoms with Gasteiger partial charge < -0.3 is 25.0 Å². The van der Waals surface area contributed by atoms with Crippen molar-refractivity contribution in [1.29, 1.82) is 0 Å². The van der Waals surface area contributed by atoms with Gasteiger partial charge in [0.2, 0.25) is 0 Å². The Morgan fingerprint density at radius 3 is 2.69 bits per heavy atom. The van der Waals surface area contributed by atoms with E-state index in [2.05, 4.69) is 58.6 Å². The SMILES string of the molecule is CN=C(NCCCOC1CCCc2ccccc21)NC1CCN(CCOC(C)C)CC1.I. The highest BCUT2D eigenvalue weighted by Crippen LogP contribution is 2.32. The zero-order chi connectivity index (χ0) is 21.9. The third-order valence-electron chi connectivity index (χ3n) is 6.26. The Bertz CT molecular complexity index is 678. The number of piperidine rings is 1. The molecule has 1 unspecified atom stereocenters. The number of halogens is 1. The second kappa shape index (κ2) is 15.1. The molecule has 0 amide bonds. The van der Waals surface area contributed by atoms with E-state index in [4.69, 9.17) is 9.47 Å². The molecule has 1 aliphatic carbocycles. The summed E-state index contributed by atoms with van der Waals surface area (Å²) in [5.74, 6) is 0.907. The molecule has 0 bridgehead atoms. The van der Waals surface area contributed by atoms with Crippen molar-refractivity contribution in [2.45, 2.75) is 70.6 Å². The van der Waals surface area contributed by atoms with Gasteiger partial charge in [-0.25, -0.2) is 0 Å². The molecule has 1 aromatic carbocycles. The first-order valence-electron chi connectivity index (χ1n) is 12.2. The van der Waals surface area contributed by atoms with Crippen molar-refractivity contribution >= 4 is 29.9 Å². The smallest absolute Gasteiger partial charge is 0.191 e. The number of nitrogens with one attached hydrogen (secondary N) is 2. The van der Waals surface area contributed by atoms with Gasteiger partial charge in [0.15, 0.2) is 5.96 Å². The maximum atomic E-state index is 6.22. The molecule has 1 aromatic rings. The fourth-order valence-corrected chi connectivity index (χ4v) is 4.49. The van der Waals surface area contributed by atoms with Crippen LogP contribution in [0, 0.1) is 0 Å². The van der Waals surface area contributed by atoms with Crippen LogP contribution in [0.15, 0.2) is 29.3 Å². The van der Waals surface area contributed by atoms with Gasteiger partial charge in [0, 0.05) is 45.9 Å². The van der Waals surface area contributed by atoms with Crippen LogP contribution in [0.4, 0.5) is 0 Å². The van der Waals surface area contributed by atoms with Crippen LogP contribution in [0.2, 0.25) is 0 Å². The van der Waals surface area contributed by atoms with E-state index in [0.29, 0.717) is 12.1 Å². The Labute approximate surface area is 211 Å². The summed E-state index contributed by atoms with van der Waals surface area (Å²) in [7, 11) is 1.85. The molecule has 1 aliphatic heterocycles. The van der Waals surface area contributed by atoms with Crippen molar-refractivity contribution in [2.24, 2.45) is 4.99 Å². The molecule has 6 nitrogen and oxygen atoms in total. The van der Waals surface area contributed by atoms with E-state index >= 15 is 0 Å². The standard InChI is InChI=1S/C25H42N4O2.HI/c1-20(2)30-19-17-29-15-12-22(13-16-29)28-25(26-3)27-14-7-18-31-24-11-6-9-21-8-4-5-10-23(21)24;/h4-5,8,10,20,22,24H,6-7,9,11-19H2,1-3H3,(H2,26,27,28);1H. The number of rotatable bonds is 10. The predicted octanol–water partition coefficient (Wildman–Crippen LogP) is 4.14. The van der Waals surface area contributed by atoms with Gasteiger partial charge in [0.25, 0.3) is 0 Å². The van der Waals surface area contributed by atoms with Crippen LogP contribution in [0.3, 0.4) is 0 Å². The molecule has 0 spiro atoms. The Kier molecular flexibility index (Phi) is 12.9. The van der Waals surface area contributed by atoms with E-state index < -0.39 is 0 Å². The number of likely N-dealkylation sites (tertiary alicyclic amines) is 1. The summed E-state index contributed by atoms with van der Waals surface area (Å²) in [4.78, 5) is 6.90. The number of aryl methyl sites for hydroxylation is 1. The van der Waals surface area contributed by atoms with Gasteiger partial charge in [0.1, 0.15) is 0 Å². The van der Waals surface area contributed by atoms with Crippen molar-refractivity contribution in [3.05, 3.63) is 35.4 Å². The van der Waals surface area contributed by atoms with Crippen LogP contribution in [0.5, 0.6) is 0 Å². The van der Waals surface area contributed by atoms with Crippen molar-refractivity contribution in [3.8, 4) is 0 Å². The maximum Gasteiger partial charge on any atom is 0.191 e. The molecule has 2 N–H and O–H groups in total. The first kappa shape index (κ1) is 27.3. The lowest BCUT2D eigenvalue weighted by Crippen LogP contribution is -2.49. The minimum atomic E-state index is 0. The third-order valence-corrected chi connectivity index (χ3v) is 6.26. The summed E-state index contributed by atoms with van der Waals surface area (Å²) >= 11 is 0. The zero-order valence-corrected chi connectivity index (χ0v) is 22.5. The summed E-state index contributed by atoms with van der Waals surface area (Å²) in [6, 6.07) is 9.22. The predicted molar refractivity (Wildman–Crippen MR) is 143 cm³/mol. The molecule has 1 heterocycles. The van der Waals surface area contributed by atoms with Crippen molar-refractivity contribution in [1.82, 2.24) is 15.5 Å². The van der Waals surface area contributed by atoms with E-state index in [1.54, 1.807) is 0 Å². The molecular formula is C25H43IN4O2. The van der Waals surface area contributed by atoms with Gasteiger partial charge in [-0.05, 0) is 63.5 Å². The molecule has 3 rings (SSSR count). The molecule has 0 aromatic heterocycles. The highest BCUT2D eigenvalue weighted by molar-refractivity contribution is 14.0. The Hall–Kier alpha value is -0.900. The van der Waals surface area contributed by atoms with E-state index in [9.17, 15) is 0 Å². The number of benzene rings is 1. The Balaban J connectivity index is 0.00000363. The number of hydrogen-bond donors (Lipinski definition) is 2. The molecule has 32 heavy (non-hydrogen) atoms. The highest BCUT2D eigenvalue weighted by atomic mass is 127. The lowest BCUT2D eigenvalue weighted by Gasteiger charge is -2.33. The number of nitrogens with zero attached hydrogens (tertiary/aromatic N) is 2. The van der Waals surface area contributed by atoms with Gasteiger partial charge in [0.05, 0.1) is 18.8 Å². The van der Waals surface area contributed by atoms with Crippen LogP contribution in [0.1, 0.15) is 63.2 Å². The summed E-state index contributed by atoms with van der Waals surface area (Å²) in [5, 5.41) is 7.05. The number of fused-ring (bicyclic) bond motifs is 1. The second-order valence-corrected chi connectivity index (χ2v) is 8.98. The fraction of sp³-hybridized carbons (Fsp3) is 0.720. The molecule has 2 aliphatic rings. The summed E-state index contributed by atoms with van der Waals surface area (Å²) < 4.78 is 11.9. The van der Waals surface area contributed by atoms with Gasteiger partial charge in [-0.2, -0.15) is 0 Å². The molecule has 1 fully saturated rings. The zero-order valence-electron chi connectivity index (χ0n) is 20.1. The summed E-state index contributed by atoms with van der Waals surface area (Å²) in [6.45, 7) is 9.93. The van der Waals surface area contributed by atoms with Gasteiger partial charge in [-0.15, -0.1) is 24.0 Å². The van der Waals surface area contributed by atoms with Crippen molar-refractivity contribution < 1.29 is 9.47 Å². The monoisotopic (exact) mass is 558 g/mol. The number of guanidine groups is 1. The minimum absolute atomic E-state index is 0. The van der Waals surface area contributed by atoms with Crippen LogP contribution in [0.25, 0.3) is 0 Å². The first-order valence-corrected chi connectivity index (χ1v) is 12.2. The molecule has 0 radical (unpaired) electrons. The summed E-state index contributed by atoms with van der Waals surface area (Å²) in [6.07, 6.45) is 7.39. The lowest BCUT2D eigenvalue weighted by molar-refractivity contribution is 0.0398. The van der Waals surface area contributed by atoms with Crippen LogP contribution in [-0.2, 0) is 15.9 Å². The molecule has 182 valence electrons. The van der Waals surface area contributed by atoms with Crippen LogP contribution in [-0.4, -0.2) is 69.4 Å². The summed E-state index contributed by atoms with van der Waals surface area (Å²) in [5.41, 5.74) is 2.85. The molecule has 1 saturated heterocycles. The van der Waals surface area contributed by atoms with Crippen LogP contribution < -0.4 is 10.6 Å². The number of aliphatic imine (C=N–C) groups is 1. The average Bonchev–Trinajstić information content (AvgIpc) is 2.79. The van der Waals surface area contributed by atoms with Gasteiger partial charge >= 0.3 is 0 Å². The van der Waals surface area contributed by atoms with Crippen LogP contribution >= 0.6 is 24.0 Å². The first-order chi connectivity index (χ1) is 15.2. The van der Waals surface area contributed by atoms with Crippen molar-refractivity contribution in [3.63, 3.8) is 0 Å². The molecule has 7 heteroatoms. The Morgan fingerprint density at radius 2 is 1.94 bits per heavy atom. The van der Waals surface area contributed by atoms with Gasteiger partial charge in [-0.3, -0.25) is 4.99 Å². The van der Waals surface area contributed by atoms with Crippen molar-refractivity contribution in [2.75, 3.05) is 46.4 Å². The largest absolute Gasteiger partial charge is 0.377 e. The molecule has 0 saturated carbocycles. The van der Waals surface area contributed by atoms with E-state index in [1.165, 1.54) is 24.0 Å². The van der Waals surface area contributed by atoms with E-state index in [-0.39, 0.29) is 30.1 Å². The van der Waals surface area contributed by atoms with E-state index in [0.717, 1.165) is 71.0 Å².